The van der Waals surface area contributed by atoms with E-state index in [1.165, 1.54) is 26.4 Å². The van der Waals surface area contributed by atoms with E-state index in [-0.39, 0.29) is 22.6 Å². The Hall–Kier alpha value is -2.22. The minimum absolute atomic E-state index is 0.0274. The highest BCUT2D eigenvalue weighted by Crippen LogP contribution is 2.33. The molecule has 0 aliphatic carbocycles. The van der Waals surface area contributed by atoms with Gasteiger partial charge >= 0.3 is 5.97 Å². The molecule has 0 atom stereocenters. The number of carbonyl (C=O) groups excluding carboxylic acids is 1. The third kappa shape index (κ3) is 1.83. The van der Waals surface area contributed by atoms with Crippen molar-refractivity contribution in [2.45, 2.75) is 0 Å². The summed E-state index contributed by atoms with van der Waals surface area (Å²) in [5.74, 6) is -1.10. The molecule has 1 aromatic rings. The number of benzene rings is 1. The van der Waals surface area contributed by atoms with Crippen LogP contribution < -0.4 is 4.74 Å². The summed E-state index contributed by atoms with van der Waals surface area (Å²) < 4.78 is 9.27. The van der Waals surface area contributed by atoms with Gasteiger partial charge in [-0.05, 0) is 12.1 Å². The molecule has 15 heavy (non-hydrogen) atoms. The lowest BCUT2D eigenvalue weighted by molar-refractivity contribution is 0.0597. The van der Waals surface area contributed by atoms with Crippen LogP contribution in [0.1, 0.15) is 15.9 Å². The molecule has 0 amide bonds. The fraction of sp³-hybridized carbons (Fsp3) is 0.200. The topological polar surface area (TPSA) is 79.6 Å². The van der Waals surface area contributed by atoms with Crippen LogP contribution in [-0.4, -0.2) is 25.3 Å². The van der Waals surface area contributed by atoms with Gasteiger partial charge in [0.05, 0.1) is 19.8 Å². The van der Waals surface area contributed by atoms with Crippen molar-refractivity contribution in [3.05, 3.63) is 23.3 Å². The van der Waals surface area contributed by atoms with Crippen molar-refractivity contribution in [3.8, 4) is 17.6 Å². The highest BCUT2D eigenvalue weighted by Gasteiger charge is 2.18. The normalized spacial score (nSPS) is 9.13. The number of rotatable bonds is 2. The number of phenolic OH excluding ortho intramolecular Hbond substituents is 1. The Balaban J connectivity index is 3.37. The quantitative estimate of drug-likeness (QED) is 0.733. The molecule has 0 spiro atoms. The summed E-state index contributed by atoms with van der Waals surface area (Å²) in [6, 6.07) is 4.52. The standard InChI is InChI=1S/C10H9NO4/c1-14-9-6(5-11)3-4-7(8(9)12)10(13)15-2/h3-4,12H,1-2H3. The van der Waals surface area contributed by atoms with Crippen LogP contribution in [0.5, 0.6) is 11.5 Å². The molecule has 1 aromatic carbocycles. The number of esters is 1. The lowest BCUT2D eigenvalue weighted by Crippen LogP contribution is -2.03. The highest BCUT2D eigenvalue weighted by molar-refractivity contribution is 5.93. The molecule has 1 rings (SSSR count). The molecule has 0 bridgehead atoms. The fourth-order valence-corrected chi connectivity index (χ4v) is 1.14. The number of phenols is 1. The number of ether oxygens (including phenoxy) is 2. The molecule has 0 heterocycles. The molecule has 0 unspecified atom stereocenters. The highest BCUT2D eigenvalue weighted by atomic mass is 16.5. The first-order valence-corrected chi connectivity index (χ1v) is 4.04. The van der Waals surface area contributed by atoms with E-state index in [1.807, 2.05) is 6.07 Å². The molecule has 78 valence electrons. The van der Waals surface area contributed by atoms with Crippen LogP contribution in [0.15, 0.2) is 12.1 Å². The van der Waals surface area contributed by atoms with Gasteiger partial charge in [-0.25, -0.2) is 4.79 Å². The number of carbonyl (C=O) groups is 1. The van der Waals surface area contributed by atoms with Crippen molar-refractivity contribution in [2.75, 3.05) is 14.2 Å². The molecule has 0 fully saturated rings. The molecule has 0 radical (unpaired) electrons. The van der Waals surface area contributed by atoms with Crippen molar-refractivity contribution in [1.82, 2.24) is 0 Å². The average Bonchev–Trinajstić information content (AvgIpc) is 2.27. The van der Waals surface area contributed by atoms with Gasteiger partial charge in [0.25, 0.3) is 0 Å². The molecule has 0 saturated heterocycles. The van der Waals surface area contributed by atoms with Crippen LogP contribution in [0.4, 0.5) is 0 Å². The summed E-state index contributed by atoms with van der Waals surface area (Å²) in [5, 5.41) is 18.3. The number of methoxy groups -OCH3 is 2. The first-order valence-electron chi connectivity index (χ1n) is 4.04. The Bertz CT molecular complexity index is 434. The van der Waals surface area contributed by atoms with E-state index in [0.29, 0.717) is 0 Å². The second-order valence-electron chi connectivity index (χ2n) is 2.65. The van der Waals surface area contributed by atoms with Gasteiger partial charge in [0, 0.05) is 0 Å². The van der Waals surface area contributed by atoms with Gasteiger partial charge in [-0.15, -0.1) is 0 Å². The van der Waals surface area contributed by atoms with Crippen LogP contribution in [-0.2, 0) is 4.74 Å². The van der Waals surface area contributed by atoms with E-state index in [0.717, 1.165) is 0 Å². The molecule has 5 nitrogen and oxygen atoms in total. The Morgan fingerprint density at radius 2 is 2.13 bits per heavy atom. The van der Waals surface area contributed by atoms with Crippen LogP contribution in [0.25, 0.3) is 0 Å². The van der Waals surface area contributed by atoms with Crippen molar-refractivity contribution in [2.24, 2.45) is 0 Å². The largest absolute Gasteiger partial charge is 0.504 e. The zero-order chi connectivity index (χ0) is 11.4. The maximum Gasteiger partial charge on any atom is 0.341 e. The van der Waals surface area contributed by atoms with E-state index >= 15 is 0 Å². The summed E-state index contributed by atoms with van der Waals surface area (Å²) in [6.07, 6.45) is 0. The van der Waals surface area contributed by atoms with Crippen LogP contribution in [0.3, 0.4) is 0 Å². The Kier molecular flexibility index (Phi) is 3.13. The summed E-state index contributed by atoms with van der Waals surface area (Å²) in [4.78, 5) is 11.2. The molecule has 0 aliphatic rings. The first-order chi connectivity index (χ1) is 7.15. The van der Waals surface area contributed by atoms with Crippen molar-refractivity contribution < 1.29 is 19.4 Å². The third-order valence-corrected chi connectivity index (χ3v) is 1.86. The second-order valence-corrected chi connectivity index (χ2v) is 2.65. The monoisotopic (exact) mass is 207 g/mol. The SMILES string of the molecule is COC(=O)c1ccc(C#N)c(OC)c1O. The average molecular weight is 207 g/mol. The van der Waals surface area contributed by atoms with Gasteiger partial charge < -0.3 is 14.6 Å². The van der Waals surface area contributed by atoms with Gasteiger partial charge in [-0.3, -0.25) is 0 Å². The Labute approximate surface area is 86.5 Å². The number of hydrogen-bond acceptors (Lipinski definition) is 5. The number of nitriles is 1. The van der Waals surface area contributed by atoms with Crippen LogP contribution in [0, 0.1) is 11.3 Å². The summed E-state index contributed by atoms with van der Waals surface area (Å²) in [7, 11) is 2.50. The van der Waals surface area contributed by atoms with E-state index in [4.69, 9.17) is 10.00 Å². The van der Waals surface area contributed by atoms with Crippen LogP contribution >= 0.6 is 0 Å². The first kappa shape index (κ1) is 10.9. The van der Waals surface area contributed by atoms with Gasteiger partial charge in [0.2, 0.25) is 0 Å². The van der Waals surface area contributed by atoms with E-state index in [9.17, 15) is 9.90 Å². The fourth-order valence-electron chi connectivity index (χ4n) is 1.14. The molecular formula is C10H9NO4. The molecule has 0 aromatic heterocycles. The van der Waals surface area contributed by atoms with Crippen molar-refractivity contribution >= 4 is 5.97 Å². The summed E-state index contributed by atoms with van der Waals surface area (Å²) in [6.45, 7) is 0. The molecule has 5 heteroatoms. The van der Waals surface area contributed by atoms with Gasteiger partial charge in [-0.1, -0.05) is 0 Å². The number of nitrogens with zero attached hydrogens (tertiary/aromatic N) is 1. The molecule has 0 saturated carbocycles. The Morgan fingerprint density at radius 1 is 1.47 bits per heavy atom. The van der Waals surface area contributed by atoms with E-state index in [2.05, 4.69) is 4.74 Å². The minimum atomic E-state index is -0.685. The smallest absolute Gasteiger partial charge is 0.341 e. The van der Waals surface area contributed by atoms with Gasteiger partial charge in [0.15, 0.2) is 11.5 Å². The van der Waals surface area contributed by atoms with Crippen molar-refractivity contribution in [3.63, 3.8) is 0 Å². The summed E-state index contributed by atoms with van der Waals surface area (Å²) >= 11 is 0. The minimum Gasteiger partial charge on any atom is -0.504 e. The number of aromatic hydroxyl groups is 1. The predicted molar refractivity (Wildman–Crippen MR) is 50.7 cm³/mol. The lowest BCUT2D eigenvalue weighted by Gasteiger charge is -2.08. The van der Waals surface area contributed by atoms with Gasteiger partial charge in [0.1, 0.15) is 11.6 Å². The van der Waals surface area contributed by atoms with Gasteiger partial charge in [-0.2, -0.15) is 5.26 Å². The zero-order valence-electron chi connectivity index (χ0n) is 8.27. The van der Waals surface area contributed by atoms with Crippen molar-refractivity contribution in [1.29, 1.82) is 5.26 Å². The maximum absolute atomic E-state index is 11.2. The van der Waals surface area contributed by atoms with E-state index in [1.54, 1.807) is 0 Å². The molecule has 0 aliphatic heterocycles. The molecule has 1 N–H and O–H groups in total. The maximum atomic E-state index is 11.2. The van der Waals surface area contributed by atoms with E-state index < -0.39 is 5.97 Å². The predicted octanol–water partition coefficient (Wildman–Crippen LogP) is 1.06. The molecular weight excluding hydrogens is 198 g/mol. The zero-order valence-corrected chi connectivity index (χ0v) is 8.27. The lowest BCUT2D eigenvalue weighted by atomic mass is 10.1. The second kappa shape index (κ2) is 4.33. The van der Waals surface area contributed by atoms with Crippen LogP contribution in [0.2, 0.25) is 0 Å². The number of hydrogen-bond donors (Lipinski definition) is 1. The summed E-state index contributed by atoms with van der Waals surface area (Å²) in [5.41, 5.74) is 0.121. The third-order valence-electron chi connectivity index (χ3n) is 1.86. The Morgan fingerprint density at radius 3 is 2.60 bits per heavy atom.